The van der Waals surface area contributed by atoms with Gasteiger partial charge < -0.3 is 14.4 Å². The zero-order chi connectivity index (χ0) is 15.4. The van der Waals surface area contributed by atoms with Crippen LogP contribution in [0.25, 0.3) is 0 Å². The highest BCUT2D eigenvalue weighted by atomic mass is 17.3. The van der Waals surface area contributed by atoms with Crippen molar-refractivity contribution < 1.29 is 24.0 Å². The van der Waals surface area contributed by atoms with Gasteiger partial charge in [-0.05, 0) is 38.0 Å². The minimum atomic E-state index is -0.722. The average molecular weight is 311 g/mol. The lowest BCUT2D eigenvalue weighted by atomic mass is 9.90. The number of nitrogens with zero attached hydrogens (tertiary/aromatic N) is 1. The van der Waals surface area contributed by atoms with Crippen molar-refractivity contribution in [3.8, 4) is 0 Å². The van der Waals surface area contributed by atoms with Gasteiger partial charge in [-0.1, -0.05) is 0 Å². The smallest absolute Gasteiger partial charge is 0.409 e. The molecule has 1 saturated heterocycles. The summed E-state index contributed by atoms with van der Waals surface area (Å²) in [7, 11) is 3.38. The first-order valence-electron chi connectivity index (χ1n) is 8.45. The molecule has 1 aliphatic heterocycles. The summed E-state index contributed by atoms with van der Waals surface area (Å²) in [5.41, 5.74) is 0. The van der Waals surface area contributed by atoms with Gasteiger partial charge in [0.1, 0.15) is 6.10 Å². The van der Waals surface area contributed by atoms with E-state index in [9.17, 15) is 4.79 Å². The van der Waals surface area contributed by atoms with E-state index >= 15 is 0 Å². The topological polar surface area (TPSA) is 57.2 Å². The van der Waals surface area contributed by atoms with E-state index in [2.05, 4.69) is 0 Å². The highest BCUT2D eigenvalue weighted by molar-refractivity contribution is 5.66. The van der Waals surface area contributed by atoms with Crippen molar-refractivity contribution >= 4 is 6.09 Å². The number of carbonyl (C=O) groups excluding carboxylic acids is 1. The number of hydrogen-bond donors (Lipinski definition) is 0. The minimum Gasteiger partial charge on any atom is -0.446 e. The lowest BCUT2D eigenvalue weighted by Crippen LogP contribution is -2.45. The van der Waals surface area contributed by atoms with Crippen LogP contribution in [0.5, 0.6) is 0 Å². The Morgan fingerprint density at radius 2 is 2.05 bits per heavy atom. The van der Waals surface area contributed by atoms with Gasteiger partial charge >= 0.3 is 6.09 Å². The molecular weight excluding hydrogens is 286 g/mol. The maximum atomic E-state index is 11.8. The van der Waals surface area contributed by atoms with Gasteiger partial charge in [0.25, 0.3) is 0 Å². The Hall–Kier alpha value is -0.850. The Morgan fingerprint density at radius 3 is 2.73 bits per heavy atom. The molecule has 5 atom stereocenters. The first-order valence-corrected chi connectivity index (χ1v) is 8.45. The predicted molar refractivity (Wildman–Crippen MR) is 76.6 cm³/mol. The maximum absolute atomic E-state index is 11.8. The molecule has 3 saturated carbocycles. The van der Waals surface area contributed by atoms with Crippen molar-refractivity contribution in [3.05, 3.63) is 0 Å². The minimum absolute atomic E-state index is 0.166. The molecule has 0 aromatic rings. The molecule has 22 heavy (non-hydrogen) atoms. The van der Waals surface area contributed by atoms with Crippen molar-refractivity contribution in [2.24, 2.45) is 11.8 Å². The summed E-state index contributed by atoms with van der Waals surface area (Å²) >= 11 is 0. The second kappa shape index (κ2) is 5.08. The molecule has 2 bridgehead atoms. The monoisotopic (exact) mass is 311 g/mol. The molecule has 124 valence electrons. The molecule has 0 N–H and O–H groups in total. The van der Waals surface area contributed by atoms with Crippen molar-refractivity contribution in [1.82, 2.24) is 4.90 Å². The Bertz CT molecular complexity index is 469. The third-order valence-corrected chi connectivity index (χ3v) is 5.68. The van der Waals surface area contributed by atoms with Crippen LogP contribution in [0.3, 0.4) is 0 Å². The van der Waals surface area contributed by atoms with E-state index in [1.807, 2.05) is 0 Å². The molecule has 0 radical (unpaired) electrons. The number of rotatable bonds is 1. The molecule has 3 aliphatic carbocycles. The van der Waals surface area contributed by atoms with Gasteiger partial charge in [-0.15, -0.1) is 0 Å². The van der Waals surface area contributed by atoms with Gasteiger partial charge in [0.2, 0.25) is 11.6 Å². The van der Waals surface area contributed by atoms with E-state index in [-0.39, 0.29) is 12.2 Å². The standard InChI is InChI=1S/C16H25NO5/c1-17(2)14(18)19-13-4-3-7-15(10-13)20-16(22-21-15)9-11-5-6-12(16)8-11/h11-13H,3-10H2,1-2H3/t11?,12?,13-,15-,16?/m1/s1. The van der Waals surface area contributed by atoms with E-state index in [0.717, 1.165) is 31.6 Å². The van der Waals surface area contributed by atoms with Gasteiger partial charge in [-0.3, -0.25) is 0 Å². The predicted octanol–water partition coefficient (Wildman–Crippen LogP) is 2.82. The Kier molecular flexibility index (Phi) is 3.40. The molecule has 2 spiro atoms. The van der Waals surface area contributed by atoms with Crippen LogP contribution in [0.2, 0.25) is 0 Å². The lowest BCUT2D eigenvalue weighted by Gasteiger charge is -2.36. The van der Waals surface area contributed by atoms with E-state index in [1.165, 1.54) is 24.2 Å². The molecule has 1 heterocycles. The van der Waals surface area contributed by atoms with Crippen LogP contribution < -0.4 is 0 Å². The van der Waals surface area contributed by atoms with E-state index in [1.54, 1.807) is 14.1 Å². The fraction of sp³-hybridized carbons (Fsp3) is 0.938. The first-order chi connectivity index (χ1) is 10.5. The zero-order valence-corrected chi connectivity index (χ0v) is 13.4. The molecule has 4 rings (SSSR count). The van der Waals surface area contributed by atoms with Gasteiger partial charge in [0.15, 0.2) is 0 Å². The third kappa shape index (κ3) is 2.32. The highest BCUT2D eigenvalue weighted by Gasteiger charge is 2.63. The number of ether oxygens (including phenoxy) is 2. The second-order valence-corrected chi connectivity index (χ2v) is 7.57. The van der Waals surface area contributed by atoms with Crippen LogP contribution in [0.1, 0.15) is 51.4 Å². The molecule has 0 aromatic heterocycles. The third-order valence-electron chi connectivity index (χ3n) is 5.68. The van der Waals surface area contributed by atoms with Crippen molar-refractivity contribution in [1.29, 1.82) is 0 Å². The van der Waals surface area contributed by atoms with Gasteiger partial charge in [0.05, 0.1) is 0 Å². The zero-order valence-electron chi connectivity index (χ0n) is 13.4. The summed E-state index contributed by atoms with van der Waals surface area (Å²) in [5, 5.41) is 0. The Morgan fingerprint density at radius 1 is 1.18 bits per heavy atom. The average Bonchev–Trinajstić information content (AvgIpc) is 3.14. The maximum Gasteiger partial charge on any atom is 0.409 e. The van der Waals surface area contributed by atoms with Crippen LogP contribution in [0, 0.1) is 11.8 Å². The summed E-state index contributed by atoms with van der Waals surface area (Å²) in [4.78, 5) is 24.7. The molecule has 4 fully saturated rings. The molecule has 6 heteroatoms. The molecular formula is C16H25NO5. The number of fused-ring (bicyclic) bond motifs is 3. The summed E-state index contributed by atoms with van der Waals surface area (Å²) in [6.45, 7) is 0. The SMILES string of the molecule is CN(C)C(=O)O[C@@H]1CCC[C@]2(C1)OOC1(CC3CCC1C3)O2. The van der Waals surface area contributed by atoms with Crippen LogP contribution in [0.4, 0.5) is 4.79 Å². The molecule has 0 aromatic carbocycles. The van der Waals surface area contributed by atoms with Crippen molar-refractivity contribution in [2.45, 2.75) is 69.0 Å². The van der Waals surface area contributed by atoms with E-state index in [4.69, 9.17) is 19.2 Å². The van der Waals surface area contributed by atoms with Gasteiger partial charge in [0, 0.05) is 39.3 Å². The normalized spacial score (nSPS) is 46.5. The quantitative estimate of drug-likeness (QED) is 0.697. The van der Waals surface area contributed by atoms with Gasteiger partial charge in [-0.25, -0.2) is 4.79 Å². The fourth-order valence-electron chi connectivity index (χ4n) is 4.62. The molecule has 3 unspecified atom stereocenters. The van der Waals surface area contributed by atoms with Crippen molar-refractivity contribution in [3.63, 3.8) is 0 Å². The van der Waals surface area contributed by atoms with Crippen LogP contribution in [0.15, 0.2) is 0 Å². The number of hydrogen-bond acceptors (Lipinski definition) is 5. The van der Waals surface area contributed by atoms with E-state index < -0.39 is 11.6 Å². The second-order valence-electron chi connectivity index (χ2n) is 7.57. The summed E-state index contributed by atoms with van der Waals surface area (Å²) in [6, 6.07) is 0. The molecule has 6 nitrogen and oxygen atoms in total. The number of carbonyl (C=O) groups is 1. The summed E-state index contributed by atoms with van der Waals surface area (Å²) < 4.78 is 11.9. The van der Waals surface area contributed by atoms with Crippen LogP contribution in [-0.4, -0.2) is 42.8 Å². The van der Waals surface area contributed by atoms with Gasteiger partial charge in [-0.2, -0.15) is 9.78 Å². The first kappa shape index (κ1) is 14.7. The fourth-order valence-corrected chi connectivity index (χ4v) is 4.62. The van der Waals surface area contributed by atoms with Crippen molar-refractivity contribution in [2.75, 3.05) is 14.1 Å². The summed E-state index contributed by atoms with van der Waals surface area (Å²) in [6.07, 6.45) is 7.26. The highest BCUT2D eigenvalue weighted by Crippen LogP contribution is 2.59. The summed E-state index contributed by atoms with van der Waals surface area (Å²) in [5.74, 6) is -0.0765. The number of amides is 1. The van der Waals surface area contributed by atoms with Crippen LogP contribution in [-0.2, 0) is 19.2 Å². The Balaban J connectivity index is 1.43. The largest absolute Gasteiger partial charge is 0.446 e. The molecule has 4 aliphatic rings. The Labute approximate surface area is 130 Å². The van der Waals surface area contributed by atoms with E-state index in [0.29, 0.717) is 12.3 Å². The molecule has 1 amide bonds. The lowest BCUT2D eigenvalue weighted by molar-refractivity contribution is -0.363. The van der Waals surface area contributed by atoms with Crippen LogP contribution >= 0.6 is 0 Å².